The van der Waals surface area contributed by atoms with Gasteiger partial charge in [-0.2, -0.15) is 0 Å². The van der Waals surface area contributed by atoms with E-state index in [-0.39, 0.29) is 32.2 Å². The zero-order valence-corrected chi connectivity index (χ0v) is 53.5. The molecule has 0 saturated heterocycles. The first-order valence-electron chi connectivity index (χ1n) is 34.8. The Morgan fingerprint density at radius 3 is 0.937 bits per heavy atom. The fourth-order valence-electron chi connectivity index (χ4n) is 10.7. The Kier molecular flexibility index (Phi) is 60.5. The third kappa shape index (κ3) is 63.5. The van der Waals surface area contributed by atoms with Crippen molar-refractivity contribution in [3.05, 3.63) is 12.2 Å². The first-order valence-corrected chi connectivity index (χ1v) is 34.8. The van der Waals surface area contributed by atoms with Crippen molar-refractivity contribution in [3.8, 4) is 0 Å². The summed E-state index contributed by atoms with van der Waals surface area (Å²) in [6.07, 6.45) is 71.6. The first kappa shape index (κ1) is 77.0. The number of carbonyl (C=O) groups excluding carboxylic acids is 3. The molecular formula is C70H135NO8. The van der Waals surface area contributed by atoms with Crippen molar-refractivity contribution in [2.24, 2.45) is 0 Å². The summed E-state index contributed by atoms with van der Waals surface area (Å²) in [5.74, 6) is -2.25. The lowest BCUT2D eigenvalue weighted by Crippen LogP contribution is -2.44. The zero-order chi connectivity index (χ0) is 57.6. The Balaban J connectivity index is 3.99. The Hall–Kier alpha value is -1.97. The van der Waals surface area contributed by atoms with Gasteiger partial charge in [0.25, 0.3) is 0 Å². The molecule has 2 atom stereocenters. The molecular weight excluding hydrogens is 983 g/mol. The van der Waals surface area contributed by atoms with Gasteiger partial charge in [-0.15, -0.1) is 0 Å². The van der Waals surface area contributed by atoms with Gasteiger partial charge in [0.05, 0.1) is 40.3 Å². The number of esters is 2. The Bertz CT molecular complexity index is 1300. The minimum absolute atomic E-state index is 0.153. The molecule has 0 radical (unpaired) electrons. The minimum Gasteiger partial charge on any atom is -0.545 e. The number of unbranched alkanes of at least 4 members (excludes halogenated alkanes) is 49. The summed E-state index contributed by atoms with van der Waals surface area (Å²) in [6, 6.07) is 0. The van der Waals surface area contributed by atoms with Crippen molar-refractivity contribution in [1.29, 1.82) is 0 Å². The van der Waals surface area contributed by atoms with Crippen LogP contribution in [0.25, 0.3) is 0 Å². The number of carboxylic acids is 1. The normalized spacial score (nSPS) is 12.7. The lowest BCUT2D eigenvalue weighted by Gasteiger charge is -2.26. The van der Waals surface area contributed by atoms with Crippen LogP contribution in [0.2, 0.25) is 0 Å². The molecule has 0 aromatic rings. The average molecular weight is 1120 g/mol. The fourth-order valence-corrected chi connectivity index (χ4v) is 10.7. The van der Waals surface area contributed by atoms with Crippen LogP contribution >= 0.6 is 0 Å². The van der Waals surface area contributed by atoms with Crippen LogP contribution in [0.5, 0.6) is 0 Å². The summed E-state index contributed by atoms with van der Waals surface area (Å²) >= 11 is 0. The van der Waals surface area contributed by atoms with Crippen molar-refractivity contribution >= 4 is 17.9 Å². The smallest absolute Gasteiger partial charge is 0.306 e. The van der Waals surface area contributed by atoms with Crippen LogP contribution in [0.3, 0.4) is 0 Å². The highest BCUT2D eigenvalue weighted by Gasteiger charge is 2.22. The Morgan fingerprint density at radius 1 is 0.367 bits per heavy atom. The lowest BCUT2D eigenvalue weighted by molar-refractivity contribution is -0.870. The molecule has 0 aliphatic rings. The number of allylic oxidation sites excluding steroid dienone is 2. The van der Waals surface area contributed by atoms with E-state index in [1.807, 2.05) is 21.1 Å². The van der Waals surface area contributed by atoms with Crippen molar-refractivity contribution in [3.63, 3.8) is 0 Å². The van der Waals surface area contributed by atoms with Gasteiger partial charge in [0.1, 0.15) is 13.2 Å². The van der Waals surface area contributed by atoms with Crippen LogP contribution in [0, 0.1) is 0 Å². The number of quaternary nitrogens is 1. The van der Waals surface area contributed by atoms with E-state index in [4.69, 9.17) is 18.9 Å². The number of carbonyl (C=O) groups is 3. The molecule has 0 fully saturated rings. The van der Waals surface area contributed by atoms with Gasteiger partial charge in [0.15, 0.2) is 12.4 Å². The van der Waals surface area contributed by atoms with Crippen molar-refractivity contribution < 1.29 is 42.9 Å². The van der Waals surface area contributed by atoms with Crippen LogP contribution < -0.4 is 5.11 Å². The van der Waals surface area contributed by atoms with E-state index >= 15 is 0 Å². The maximum absolute atomic E-state index is 12.9. The van der Waals surface area contributed by atoms with Gasteiger partial charge in [-0.05, 0) is 38.5 Å². The first-order chi connectivity index (χ1) is 38.6. The standard InChI is InChI=1S/C70H135NO8/c1-6-8-10-12-14-16-18-20-22-24-26-27-28-29-30-31-32-33-34-35-36-37-38-39-40-41-43-45-47-49-51-53-55-57-59-61-68(73)79-66(65-78-70(69(74)75)76-63-62-71(3,4)5)64-77-67(72)60-58-56-54-52-50-48-46-44-42-25-23-21-19-17-15-13-11-9-7-2/h24,26,66,70H,6-23,25,27-65H2,1-5H3/b26-24-. The van der Waals surface area contributed by atoms with Gasteiger partial charge in [-0.3, -0.25) is 9.59 Å². The molecule has 0 saturated carbocycles. The van der Waals surface area contributed by atoms with E-state index in [9.17, 15) is 19.5 Å². The summed E-state index contributed by atoms with van der Waals surface area (Å²) in [5.41, 5.74) is 0. The Morgan fingerprint density at radius 2 is 0.646 bits per heavy atom. The molecule has 0 aromatic carbocycles. The number of nitrogens with zero attached hydrogens (tertiary/aromatic N) is 1. The second-order valence-corrected chi connectivity index (χ2v) is 25.2. The fraction of sp³-hybridized carbons (Fsp3) is 0.929. The van der Waals surface area contributed by atoms with Crippen LogP contribution in [-0.2, 0) is 33.3 Å². The highest BCUT2D eigenvalue weighted by molar-refractivity contribution is 5.70. The molecule has 0 aromatic heterocycles. The van der Waals surface area contributed by atoms with Gasteiger partial charge < -0.3 is 33.3 Å². The number of rotatable bonds is 66. The highest BCUT2D eigenvalue weighted by Crippen LogP contribution is 2.19. The summed E-state index contributed by atoms with van der Waals surface area (Å²) in [5, 5.41) is 11.8. The summed E-state index contributed by atoms with van der Waals surface area (Å²) in [7, 11) is 5.94. The SMILES string of the molecule is CCCCCCCCCC/C=C\CCCCCCCCCCCCCCCCCCCCCCCCCC(=O)OC(COC(=O)CCCCCCCCCCCCCCCCCCCCC)COC(OCC[N+](C)(C)C)C(=O)[O-]. The van der Waals surface area contributed by atoms with Gasteiger partial charge >= 0.3 is 11.9 Å². The second kappa shape index (κ2) is 62.1. The van der Waals surface area contributed by atoms with Crippen molar-refractivity contribution in [1.82, 2.24) is 0 Å². The quantitative estimate of drug-likeness (QED) is 0.0195. The van der Waals surface area contributed by atoms with E-state index < -0.39 is 24.3 Å². The molecule has 0 aliphatic heterocycles. The molecule has 9 heteroatoms. The van der Waals surface area contributed by atoms with Crippen LogP contribution in [-0.4, -0.2) is 82.3 Å². The van der Waals surface area contributed by atoms with Gasteiger partial charge in [-0.25, -0.2) is 0 Å². The van der Waals surface area contributed by atoms with Crippen molar-refractivity contribution in [2.45, 2.75) is 373 Å². The lowest BCUT2D eigenvalue weighted by atomic mass is 10.0. The summed E-state index contributed by atoms with van der Waals surface area (Å²) in [4.78, 5) is 37.4. The molecule has 0 heterocycles. The predicted molar refractivity (Wildman–Crippen MR) is 334 cm³/mol. The van der Waals surface area contributed by atoms with Gasteiger partial charge in [0.2, 0.25) is 0 Å². The maximum Gasteiger partial charge on any atom is 0.306 e. The predicted octanol–water partition coefficient (Wildman–Crippen LogP) is 19.9. The minimum atomic E-state index is -1.62. The molecule has 0 N–H and O–H groups in total. The Labute approximate surface area is 491 Å². The largest absolute Gasteiger partial charge is 0.545 e. The molecule has 468 valence electrons. The van der Waals surface area contributed by atoms with Crippen molar-refractivity contribution in [2.75, 3.05) is 47.5 Å². The average Bonchev–Trinajstić information content (AvgIpc) is 3.42. The molecule has 9 nitrogen and oxygen atoms in total. The van der Waals surface area contributed by atoms with E-state index in [2.05, 4.69) is 26.0 Å². The molecule has 2 unspecified atom stereocenters. The topological polar surface area (TPSA) is 111 Å². The maximum atomic E-state index is 12.9. The number of likely N-dealkylation sites (N-methyl/N-ethyl adjacent to an activating group) is 1. The highest BCUT2D eigenvalue weighted by atomic mass is 16.7. The molecule has 0 bridgehead atoms. The van der Waals surface area contributed by atoms with Crippen LogP contribution in [0.15, 0.2) is 12.2 Å². The third-order valence-corrected chi connectivity index (χ3v) is 16.0. The molecule has 0 amide bonds. The molecule has 0 spiro atoms. The number of ether oxygens (including phenoxy) is 4. The van der Waals surface area contributed by atoms with E-state index in [0.29, 0.717) is 17.4 Å². The van der Waals surface area contributed by atoms with E-state index in [0.717, 1.165) is 38.5 Å². The summed E-state index contributed by atoms with van der Waals surface area (Å²) in [6.45, 7) is 4.83. The third-order valence-electron chi connectivity index (χ3n) is 16.0. The summed E-state index contributed by atoms with van der Waals surface area (Å²) < 4.78 is 22.8. The second-order valence-electron chi connectivity index (χ2n) is 25.2. The van der Waals surface area contributed by atoms with Crippen LogP contribution in [0.4, 0.5) is 0 Å². The number of hydrogen-bond donors (Lipinski definition) is 0. The van der Waals surface area contributed by atoms with E-state index in [1.54, 1.807) is 0 Å². The van der Waals surface area contributed by atoms with Gasteiger partial charge in [0, 0.05) is 12.8 Å². The number of hydrogen-bond acceptors (Lipinski definition) is 8. The number of aliphatic carboxylic acids is 1. The van der Waals surface area contributed by atoms with E-state index in [1.165, 1.54) is 295 Å². The molecule has 0 aliphatic carbocycles. The monoisotopic (exact) mass is 1120 g/mol. The van der Waals surface area contributed by atoms with Crippen LogP contribution in [0.1, 0.15) is 361 Å². The zero-order valence-electron chi connectivity index (χ0n) is 53.5. The molecule has 79 heavy (non-hydrogen) atoms. The molecule has 0 rings (SSSR count). The van der Waals surface area contributed by atoms with Gasteiger partial charge in [-0.1, -0.05) is 321 Å². The number of carboxylic acid groups (broad SMARTS) is 1.